The highest BCUT2D eigenvalue weighted by molar-refractivity contribution is 6.30. The van der Waals surface area contributed by atoms with Crippen LogP contribution in [-0.2, 0) is 4.79 Å². The highest BCUT2D eigenvalue weighted by Crippen LogP contribution is 2.23. The van der Waals surface area contributed by atoms with Crippen molar-refractivity contribution < 1.29 is 9.53 Å². The van der Waals surface area contributed by atoms with Gasteiger partial charge in [-0.25, -0.2) is 0 Å². The fraction of sp³-hybridized carbons (Fsp3) is 0.350. The van der Waals surface area contributed by atoms with Gasteiger partial charge in [0.2, 0.25) is 0 Å². The van der Waals surface area contributed by atoms with Gasteiger partial charge in [-0.3, -0.25) is 4.79 Å². The van der Waals surface area contributed by atoms with Crippen LogP contribution >= 0.6 is 11.6 Å². The largest absolute Gasteiger partial charge is 0.484 e. The van der Waals surface area contributed by atoms with E-state index in [4.69, 9.17) is 16.3 Å². The molecule has 4 nitrogen and oxygen atoms in total. The Bertz CT molecular complexity index is 701. The molecule has 0 aliphatic carbocycles. The number of nitrogens with zero attached hydrogens (tertiary/aromatic N) is 1. The van der Waals surface area contributed by atoms with Gasteiger partial charge in [-0.1, -0.05) is 29.3 Å². The number of aryl methyl sites for hydroxylation is 1. The quantitative estimate of drug-likeness (QED) is 0.856. The predicted molar refractivity (Wildman–Crippen MR) is 101 cm³/mol. The average Bonchev–Trinajstić information content (AvgIpc) is 3.09. The smallest absolute Gasteiger partial charge is 0.257 e. The molecular formula is C20H23ClN2O2. The third-order valence-electron chi connectivity index (χ3n) is 4.46. The fourth-order valence-electron chi connectivity index (χ4n) is 2.98. The number of amides is 1. The van der Waals surface area contributed by atoms with Crippen molar-refractivity contribution in [2.75, 3.05) is 31.1 Å². The van der Waals surface area contributed by atoms with Gasteiger partial charge in [-0.15, -0.1) is 0 Å². The lowest BCUT2D eigenvalue weighted by Gasteiger charge is -2.19. The molecule has 1 heterocycles. The van der Waals surface area contributed by atoms with E-state index in [1.165, 1.54) is 11.3 Å². The normalized spacial score (nSPS) is 16.7. The molecule has 1 aliphatic heterocycles. The first-order valence-electron chi connectivity index (χ1n) is 8.57. The number of carbonyl (C=O) groups is 1. The minimum absolute atomic E-state index is 0.0238. The summed E-state index contributed by atoms with van der Waals surface area (Å²) in [6.07, 6.45) is 1.09. The fourth-order valence-corrected chi connectivity index (χ4v) is 3.10. The minimum Gasteiger partial charge on any atom is -0.484 e. The molecule has 1 saturated heterocycles. The van der Waals surface area contributed by atoms with E-state index in [0.717, 1.165) is 19.5 Å². The third kappa shape index (κ3) is 5.13. The molecule has 25 heavy (non-hydrogen) atoms. The molecule has 1 N–H and O–H groups in total. The first kappa shape index (κ1) is 17.6. The van der Waals surface area contributed by atoms with E-state index in [0.29, 0.717) is 23.2 Å². The first-order valence-corrected chi connectivity index (χ1v) is 8.94. The van der Waals surface area contributed by atoms with E-state index in [-0.39, 0.29) is 12.5 Å². The number of ether oxygens (including phenoxy) is 1. The van der Waals surface area contributed by atoms with Crippen molar-refractivity contribution in [3.63, 3.8) is 0 Å². The SMILES string of the molecule is Cc1ccc(N2CCC(CNC(=O)COc3ccc(Cl)cc3)C2)cc1. The number of carbonyl (C=O) groups excluding carboxylic acids is 1. The van der Waals surface area contributed by atoms with Crippen LogP contribution in [0.4, 0.5) is 5.69 Å². The molecule has 2 aromatic carbocycles. The van der Waals surface area contributed by atoms with Gasteiger partial charge in [-0.05, 0) is 55.7 Å². The summed E-state index contributed by atoms with van der Waals surface area (Å²) in [5.74, 6) is 1.02. The van der Waals surface area contributed by atoms with Crippen molar-refractivity contribution in [1.82, 2.24) is 5.32 Å². The van der Waals surface area contributed by atoms with Crippen LogP contribution < -0.4 is 15.0 Å². The van der Waals surface area contributed by atoms with Gasteiger partial charge in [0.15, 0.2) is 6.61 Å². The van der Waals surface area contributed by atoms with E-state index in [1.54, 1.807) is 24.3 Å². The molecule has 5 heteroatoms. The van der Waals surface area contributed by atoms with Crippen LogP contribution in [0.1, 0.15) is 12.0 Å². The van der Waals surface area contributed by atoms with Gasteiger partial charge in [0.25, 0.3) is 5.91 Å². The lowest BCUT2D eigenvalue weighted by molar-refractivity contribution is -0.123. The van der Waals surface area contributed by atoms with Crippen LogP contribution in [-0.4, -0.2) is 32.1 Å². The summed E-state index contributed by atoms with van der Waals surface area (Å²) in [4.78, 5) is 14.3. The minimum atomic E-state index is -0.0938. The van der Waals surface area contributed by atoms with Crippen molar-refractivity contribution in [2.24, 2.45) is 5.92 Å². The summed E-state index contributed by atoms with van der Waals surface area (Å²) in [5.41, 5.74) is 2.53. The number of hydrogen-bond acceptors (Lipinski definition) is 3. The Morgan fingerprint density at radius 2 is 1.92 bits per heavy atom. The summed E-state index contributed by atoms with van der Waals surface area (Å²) in [6, 6.07) is 15.6. The molecule has 0 spiro atoms. The Morgan fingerprint density at radius 1 is 1.20 bits per heavy atom. The standard InChI is InChI=1S/C20H23ClN2O2/c1-15-2-6-18(7-3-15)23-11-10-16(13-23)12-22-20(24)14-25-19-8-4-17(21)5-9-19/h2-9,16H,10-14H2,1H3,(H,22,24). The molecule has 1 atom stereocenters. The summed E-state index contributed by atoms with van der Waals surface area (Å²) in [7, 11) is 0. The highest BCUT2D eigenvalue weighted by atomic mass is 35.5. The Kier molecular flexibility index (Phi) is 5.82. The topological polar surface area (TPSA) is 41.6 Å². The molecule has 3 rings (SSSR count). The molecular weight excluding hydrogens is 336 g/mol. The lowest BCUT2D eigenvalue weighted by Crippen LogP contribution is -2.34. The summed E-state index contributed by atoms with van der Waals surface area (Å²) >= 11 is 5.82. The molecule has 0 radical (unpaired) electrons. The molecule has 0 bridgehead atoms. The average molecular weight is 359 g/mol. The molecule has 0 aromatic heterocycles. The van der Waals surface area contributed by atoms with Gasteiger partial charge in [0, 0.05) is 30.3 Å². The highest BCUT2D eigenvalue weighted by Gasteiger charge is 2.23. The molecule has 0 saturated carbocycles. The zero-order valence-electron chi connectivity index (χ0n) is 14.4. The molecule has 2 aromatic rings. The van der Waals surface area contributed by atoms with Crippen LogP contribution in [0, 0.1) is 12.8 Å². The molecule has 1 fully saturated rings. The van der Waals surface area contributed by atoms with E-state index >= 15 is 0 Å². The maximum absolute atomic E-state index is 12.0. The number of hydrogen-bond donors (Lipinski definition) is 1. The maximum Gasteiger partial charge on any atom is 0.257 e. The lowest BCUT2D eigenvalue weighted by atomic mass is 10.1. The Balaban J connectivity index is 1.39. The number of halogens is 1. The van der Waals surface area contributed by atoms with Gasteiger partial charge < -0.3 is 15.0 Å². The van der Waals surface area contributed by atoms with Crippen LogP contribution in [0.5, 0.6) is 5.75 Å². The van der Waals surface area contributed by atoms with Crippen LogP contribution in [0.15, 0.2) is 48.5 Å². The van der Waals surface area contributed by atoms with E-state index in [9.17, 15) is 4.79 Å². The van der Waals surface area contributed by atoms with Crippen LogP contribution in [0.3, 0.4) is 0 Å². The molecule has 132 valence electrons. The second-order valence-electron chi connectivity index (χ2n) is 6.48. The number of rotatable bonds is 6. The summed E-state index contributed by atoms with van der Waals surface area (Å²) in [6.45, 7) is 4.81. The van der Waals surface area contributed by atoms with Gasteiger partial charge >= 0.3 is 0 Å². The van der Waals surface area contributed by atoms with Crippen molar-refractivity contribution in [3.8, 4) is 5.75 Å². The molecule has 1 amide bonds. The zero-order chi connectivity index (χ0) is 17.6. The second-order valence-corrected chi connectivity index (χ2v) is 6.92. The van der Waals surface area contributed by atoms with Gasteiger partial charge in [0.05, 0.1) is 0 Å². The monoisotopic (exact) mass is 358 g/mol. The van der Waals surface area contributed by atoms with E-state index in [1.807, 2.05) is 0 Å². The summed E-state index contributed by atoms with van der Waals surface area (Å²) in [5, 5.41) is 3.62. The van der Waals surface area contributed by atoms with Crippen molar-refractivity contribution >= 4 is 23.2 Å². The number of anilines is 1. The molecule has 1 unspecified atom stereocenters. The first-order chi connectivity index (χ1) is 12.1. The van der Waals surface area contributed by atoms with Crippen LogP contribution in [0.2, 0.25) is 5.02 Å². The Labute approximate surface area is 153 Å². The van der Waals surface area contributed by atoms with E-state index < -0.39 is 0 Å². The van der Waals surface area contributed by atoms with Crippen molar-refractivity contribution in [3.05, 3.63) is 59.1 Å². The Hall–Kier alpha value is -2.20. The van der Waals surface area contributed by atoms with Gasteiger partial charge in [0.1, 0.15) is 5.75 Å². The predicted octanol–water partition coefficient (Wildman–Crippen LogP) is 3.67. The van der Waals surface area contributed by atoms with Crippen LogP contribution in [0.25, 0.3) is 0 Å². The number of nitrogens with one attached hydrogen (secondary N) is 1. The van der Waals surface area contributed by atoms with E-state index in [2.05, 4.69) is 41.4 Å². The summed E-state index contributed by atoms with van der Waals surface area (Å²) < 4.78 is 5.46. The third-order valence-corrected chi connectivity index (χ3v) is 4.71. The molecule has 1 aliphatic rings. The van der Waals surface area contributed by atoms with Gasteiger partial charge in [-0.2, -0.15) is 0 Å². The maximum atomic E-state index is 12.0. The zero-order valence-corrected chi connectivity index (χ0v) is 15.1. The number of benzene rings is 2. The Morgan fingerprint density at radius 3 is 2.64 bits per heavy atom. The second kappa shape index (κ2) is 8.26. The van der Waals surface area contributed by atoms with Crippen molar-refractivity contribution in [1.29, 1.82) is 0 Å². The van der Waals surface area contributed by atoms with Crippen molar-refractivity contribution in [2.45, 2.75) is 13.3 Å².